The third kappa shape index (κ3) is 1.67. The molecule has 0 saturated heterocycles. The van der Waals surface area contributed by atoms with Gasteiger partial charge in [0, 0.05) is 17.9 Å². The minimum atomic E-state index is -0.447. The van der Waals surface area contributed by atoms with E-state index in [4.69, 9.17) is 6.72 Å². The Balaban J connectivity index is 2.94. The van der Waals surface area contributed by atoms with Crippen LogP contribution < -0.4 is 0 Å². The molecule has 3 nitrogen and oxygen atoms in total. The molecule has 0 heterocycles. The van der Waals surface area contributed by atoms with Crippen LogP contribution in [0.3, 0.4) is 0 Å². The molecular formula is C9H10NO2. The number of carbonyl (C=O) groups excluding carboxylic acids is 2. The summed E-state index contributed by atoms with van der Waals surface area (Å²) in [6.07, 6.45) is 3.95. The Bertz CT molecular complexity index is 253. The molecule has 0 aliphatic heterocycles. The Morgan fingerprint density at radius 2 is 2.08 bits per heavy atom. The van der Waals surface area contributed by atoms with Gasteiger partial charge >= 0.3 is 0 Å². The second kappa shape index (κ2) is 3.95. The van der Waals surface area contributed by atoms with E-state index in [0.29, 0.717) is 24.0 Å². The lowest BCUT2D eigenvalue weighted by molar-refractivity contribution is -0.115. The molecule has 1 radical (unpaired) electrons. The summed E-state index contributed by atoms with van der Waals surface area (Å²) in [5.74, 6) is -0.447. The molecule has 0 aromatic carbocycles. The van der Waals surface area contributed by atoms with E-state index >= 15 is 0 Å². The van der Waals surface area contributed by atoms with Crippen LogP contribution in [-0.2, 0) is 9.59 Å². The number of rotatable bonds is 2. The minimum absolute atomic E-state index is 0.447. The molecule has 0 bridgehead atoms. The Kier molecular flexibility index (Phi) is 2.91. The molecule has 0 N–H and O–H groups in total. The van der Waals surface area contributed by atoms with E-state index in [1.165, 1.54) is 0 Å². The van der Waals surface area contributed by atoms with Crippen LogP contribution in [0.1, 0.15) is 25.7 Å². The molecule has 12 heavy (non-hydrogen) atoms. The summed E-state index contributed by atoms with van der Waals surface area (Å²) in [7, 11) is 0. The average Bonchev–Trinajstić information content (AvgIpc) is 2.16. The van der Waals surface area contributed by atoms with E-state index in [9.17, 15) is 9.59 Å². The second-order valence-electron chi connectivity index (χ2n) is 2.76. The number of amides is 1. The van der Waals surface area contributed by atoms with Gasteiger partial charge in [0.2, 0.25) is 0 Å². The fourth-order valence-electron chi connectivity index (χ4n) is 1.38. The van der Waals surface area contributed by atoms with Crippen molar-refractivity contribution in [1.82, 2.24) is 0 Å². The summed E-state index contributed by atoms with van der Waals surface area (Å²) >= 11 is 0. The highest BCUT2D eigenvalue weighted by Gasteiger charge is 2.17. The van der Waals surface area contributed by atoms with E-state index < -0.39 is 5.91 Å². The zero-order valence-electron chi connectivity index (χ0n) is 6.75. The smallest absolute Gasteiger partial charge is 0.273 e. The monoisotopic (exact) mass is 164 g/mol. The molecule has 1 aliphatic carbocycles. The fourth-order valence-corrected chi connectivity index (χ4v) is 1.38. The summed E-state index contributed by atoms with van der Waals surface area (Å²) in [6, 6.07) is 0. The lowest BCUT2D eigenvalue weighted by Gasteiger charge is -2.12. The van der Waals surface area contributed by atoms with Gasteiger partial charge in [-0.1, -0.05) is 0 Å². The van der Waals surface area contributed by atoms with Gasteiger partial charge < -0.3 is 0 Å². The number of hydrogen-bond donors (Lipinski definition) is 0. The number of allylic oxidation sites excluding steroid dienone is 1. The van der Waals surface area contributed by atoms with E-state index in [1.807, 2.05) is 0 Å². The van der Waals surface area contributed by atoms with Gasteiger partial charge in [0.05, 0.1) is 0 Å². The first-order valence-corrected chi connectivity index (χ1v) is 3.92. The number of carbonyl (C=O) groups is 2. The van der Waals surface area contributed by atoms with Gasteiger partial charge in [-0.25, -0.2) is 4.99 Å². The van der Waals surface area contributed by atoms with Crippen LogP contribution in [0.5, 0.6) is 0 Å². The SMILES string of the molecule is [CH]=NC(=O)C1=C(C=O)CCCC1. The fraction of sp³-hybridized carbons (Fsp3) is 0.444. The highest BCUT2D eigenvalue weighted by atomic mass is 16.1. The second-order valence-corrected chi connectivity index (χ2v) is 2.76. The van der Waals surface area contributed by atoms with E-state index in [0.717, 1.165) is 19.1 Å². The van der Waals surface area contributed by atoms with Crippen molar-refractivity contribution in [1.29, 1.82) is 0 Å². The average molecular weight is 164 g/mol. The van der Waals surface area contributed by atoms with Crippen LogP contribution in [0.4, 0.5) is 0 Å². The Morgan fingerprint density at radius 3 is 2.67 bits per heavy atom. The zero-order chi connectivity index (χ0) is 8.97. The summed E-state index contributed by atoms with van der Waals surface area (Å²) in [6.45, 7) is 4.85. The summed E-state index contributed by atoms with van der Waals surface area (Å²) in [5.41, 5.74) is 1.07. The summed E-state index contributed by atoms with van der Waals surface area (Å²) < 4.78 is 0. The van der Waals surface area contributed by atoms with E-state index in [1.54, 1.807) is 0 Å². The van der Waals surface area contributed by atoms with Gasteiger partial charge in [0.15, 0.2) is 0 Å². The lowest BCUT2D eigenvalue weighted by Crippen LogP contribution is -2.08. The van der Waals surface area contributed by atoms with E-state index in [2.05, 4.69) is 4.99 Å². The molecule has 1 aliphatic rings. The predicted octanol–water partition coefficient (Wildman–Crippen LogP) is 1.16. The third-order valence-electron chi connectivity index (χ3n) is 2.03. The lowest BCUT2D eigenvalue weighted by atomic mass is 9.92. The molecule has 0 fully saturated rings. The molecule has 0 aromatic rings. The first kappa shape index (κ1) is 8.84. The molecule has 1 rings (SSSR count). The maximum atomic E-state index is 11.0. The van der Waals surface area contributed by atoms with Crippen LogP contribution in [0.2, 0.25) is 0 Å². The molecule has 0 spiro atoms. The van der Waals surface area contributed by atoms with Crippen LogP contribution in [-0.4, -0.2) is 18.9 Å². The topological polar surface area (TPSA) is 46.5 Å². The summed E-state index contributed by atoms with van der Waals surface area (Å²) in [5, 5.41) is 0. The van der Waals surface area contributed by atoms with Gasteiger partial charge in [-0.15, -0.1) is 0 Å². The van der Waals surface area contributed by atoms with Crippen molar-refractivity contribution < 1.29 is 9.59 Å². The Labute approximate surface area is 71.2 Å². The van der Waals surface area contributed by atoms with Gasteiger partial charge in [-0.2, -0.15) is 0 Å². The van der Waals surface area contributed by atoms with Gasteiger partial charge in [-0.3, -0.25) is 9.59 Å². The zero-order valence-corrected chi connectivity index (χ0v) is 6.75. The molecule has 0 aromatic heterocycles. The van der Waals surface area contributed by atoms with Gasteiger partial charge in [0.1, 0.15) is 6.29 Å². The summed E-state index contributed by atoms with van der Waals surface area (Å²) in [4.78, 5) is 24.6. The number of hydrogen-bond acceptors (Lipinski definition) is 2. The molecule has 3 heteroatoms. The normalized spacial score (nSPS) is 17.3. The standard InChI is InChI=1S/C9H10NO2/c1-10-9(12)8-5-3-2-4-7(8)6-11/h1,6H,2-5H2. The van der Waals surface area contributed by atoms with Gasteiger partial charge in [0.25, 0.3) is 5.91 Å². The Morgan fingerprint density at radius 1 is 1.42 bits per heavy atom. The van der Waals surface area contributed by atoms with Crippen molar-refractivity contribution in [3.8, 4) is 0 Å². The third-order valence-corrected chi connectivity index (χ3v) is 2.03. The van der Waals surface area contributed by atoms with Crippen molar-refractivity contribution in [3.63, 3.8) is 0 Å². The molecule has 0 unspecified atom stereocenters. The highest BCUT2D eigenvalue weighted by molar-refractivity contribution is 6.01. The number of nitrogens with zero attached hydrogens (tertiary/aromatic N) is 1. The van der Waals surface area contributed by atoms with Crippen molar-refractivity contribution >= 4 is 18.9 Å². The molecule has 0 saturated carbocycles. The molecule has 1 amide bonds. The van der Waals surface area contributed by atoms with E-state index in [-0.39, 0.29) is 0 Å². The van der Waals surface area contributed by atoms with Crippen LogP contribution in [0.25, 0.3) is 0 Å². The first-order valence-electron chi connectivity index (χ1n) is 3.92. The maximum Gasteiger partial charge on any atom is 0.273 e. The Hall–Kier alpha value is -1.25. The minimum Gasteiger partial charge on any atom is -0.298 e. The maximum absolute atomic E-state index is 11.0. The predicted molar refractivity (Wildman–Crippen MR) is 45.1 cm³/mol. The van der Waals surface area contributed by atoms with Crippen LogP contribution >= 0.6 is 0 Å². The molecular weight excluding hydrogens is 154 g/mol. The quantitative estimate of drug-likeness (QED) is 0.454. The molecule has 0 atom stereocenters. The van der Waals surface area contributed by atoms with Gasteiger partial charge in [-0.05, 0) is 25.7 Å². The van der Waals surface area contributed by atoms with Crippen LogP contribution in [0.15, 0.2) is 16.1 Å². The van der Waals surface area contributed by atoms with Crippen molar-refractivity contribution in [2.24, 2.45) is 4.99 Å². The highest BCUT2D eigenvalue weighted by Crippen LogP contribution is 2.23. The van der Waals surface area contributed by atoms with Crippen molar-refractivity contribution in [2.45, 2.75) is 25.7 Å². The number of aliphatic imine (C=N–C) groups is 1. The first-order chi connectivity index (χ1) is 5.79. The van der Waals surface area contributed by atoms with Crippen molar-refractivity contribution in [3.05, 3.63) is 11.1 Å². The largest absolute Gasteiger partial charge is 0.298 e. The number of aldehydes is 1. The van der Waals surface area contributed by atoms with Crippen LogP contribution in [0, 0.1) is 0 Å². The molecule has 63 valence electrons. The van der Waals surface area contributed by atoms with Crippen molar-refractivity contribution in [2.75, 3.05) is 0 Å².